The molecule has 6 heteroatoms. The number of imide groups is 1. The van der Waals surface area contributed by atoms with E-state index in [4.69, 9.17) is 11.6 Å². The lowest BCUT2D eigenvalue weighted by molar-refractivity contribution is -0.119. The number of nitrogens with one attached hydrogen (secondary N) is 1. The maximum absolute atomic E-state index is 11.5. The van der Waals surface area contributed by atoms with E-state index in [1.54, 1.807) is 19.1 Å². The fourth-order valence-electron chi connectivity index (χ4n) is 1.13. The molecule has 4 nitrogen and oxygen atoms in total. The Kier molecular flexibility index (Phi) is 6.01. The topological polar surface area (TPSA) is 55.4 Å². The zero-order valence-electron chi connectivity index (χ0n) is 10.1. The maximum atomic E-state index is 11.5. The lowest BCUT2D eigenvalue weighted by atomic mass is 10.2. The Morgan fingerprint density at radius 2 is 2.00 bits per heavy atom. The maximum Gasteiger partial charge on any atom is 0.413 e. The van der Waals surface area contributed by atoms with E-state index < -0.39 is 6.09 Å². The molecule has 0 bridgehead atoms. The van der Waals surface area contributed by atoms with Crippen molar-refractivity contribution >= 4 is 35.4 Å². The normalized spacial score (nSPS) is 11.7. The molecule has 0 radical (unpaired) electrons. The van der Waals surface area contributed by atoms with Gasteiger partial charge in [-0.15, -0.1) is 11.8 Å². The van der Waals surface area contributed by atoms with Crippen LogP contribution in [0.3, 0.4) is 0 Å². The second-order valence-corrected chi connectivity index (χ2v) is 5.33. The van der Waals surface area contributed by atoms with Crippen molar-refractivity contribution in [1.82, 2.24) is 5.32 Å². The fraction of sp³-hybridized carbons (Fsp3) is 0.333. The summed E-state index contributed by atoms with van der Waals surface area (Å²) in [6.45, 7) is 1.73. The number of rotatable bonds is 4. The van der Waals surface area contributed by atoms with E-state index in [2.05, 4.69) is 10.1 Å². The van der Waals surface area contributed by atoms with Gasteiger partial charge in [-0.3, -0.25) is 10.1 Å². The van der Waals surface area contributed by atoms with Gasteiger partial charge in [-0.25, -0.2) is 4.79 Å². The number of carbonyl (C=O) groups excluding carboxylic acids is 2. The van der Waals surface area contributed by atoms with Gasteiger partial charge < -0.3 is 4.74 Å². The zero-order valence-corrected chi connectivity index (χ0v) is 11.7. The summed E-state index contributed by atoms with van der Waals surface area (Å²) in [5.41, 5.74) is 1.07. The minimum Gasteiger partial charge on any atom is -0.453 e. The Morgan fingerprint density at radius 1 is 1.39 bits per heavy atom. The molecule has 0 aromatic heterocycles. The third-order valence-corrected chi connectivity index (χ3v) is 3.66. The van der Waals surface area contributed by atoms with Crippen molar-refractivity contribution in [2.24, 2.45) is 0 Å². The second-order valence-electron chi connectivity index (χ2n) is 3.56. The van der Waals surface area contributed by atoms with E-state index in [1.165, 1.54) is 18.9 Å². The van der Waals surface area contributed by atoms with Crippen LogP contribution in [0, 0.1) is 0 Å². The zero-order chi connectivity index (χ0) is 13.5. The standard InChI is InChI=1S/C12H14ClNO3S/c1-8(11(15)14-12(16)17-2)18-7-9-3-5-10(13)6-4-9/h3-6,8H,7H2,1-2H3,(H,14,15,16)/t8-/m0/s1. The van der Waals surface area contributed by atoms with Crippen LogP contribution in [-0.2, 0) is 15.3 Å². The third kappa shape index (κ3) is 4.98. The molecule has 1 atom stereocenters. The molecule has 0 unspecified atom stereocenters. The highest BCUT2D eigenvalue weighted by Crippen LogP contribution is 2.19. The monoisotopic (exact) mass is 287 g/mol. The molecule has 98 valence electrons. The van der Waals surface area contributed by atoms with Crippen molar-refractivity contribution in [3.8, 4) is 0 Å². The van der Waals surface area contributed by atoms with E-state index >= 15 is 0 Å². The van der Waals surface area contributed by atoms with E-state index in [9.17, 15) is 9.59 Å². The van der Waals surface area contributed by atoms with E-state index in [1.807, 2.05) is 12.1 Å². The molecule has 1 aromatic carbocycles. The average Bonchev–Trinajstić information content (AvgIpc) is 2.37. The van der Waals surface area contributed by atoms with Crippen molar-refractivity contribution in [3.05, 3.63) is 34.9 Å². The van der Waals surface area contributed by atoms with Crippen molar-refractivity contribution in [1.29, 1.82) is 0 Å². The number of halogens is 1. The third-order valence-electron chi connectivity index (χ3n) is 2.19. The molecule has 1 N–H and O–H groups in total. The van der Waals surface area contributed by atoms with Gasteiger partial charge in [0.1, 0.15) is 0 Å². The van der Waals surface area contributed by atoms with Crippen LogP contribution >= 0.6 is 23.4 Å². The summed E-state index contributed by atoms with van der Waals surface area (Å²) in [5.74, 6) is 0.313. The number of thioether (sulfide) groups is 1. The number of benzene rings is 1. The lowest BCUT2D eigenvalue weighted by Crippen LogP contribution is -2.35. The molecule has 0 aliphatic rings. The Bertz CT molecular complexity index is 422. The summed E-state index contributed by atoms with van der Waals surface area (Å²) in [5, 5.41) is 2.48. The first-order chi connectivity index (χ1) is 8.52. The molecule has 0 heterocycles. The highest BCUT2D eigenvalue weighted by molar-refractivity contribution is 7.99. The molecule has 2 amide bonds. The lowest BCUT2D eigenvalue weighted by Gasteiger charge is -2.10. The van der Waals surface area contributed by atoms with Crippen LogP contribution in [0.1, 0.15) is 12.5 Å². The van der Waals surface area contributed by atoms with Gasteiger partial charge in [0.15, 0.2) is 0 Å². The SMILES string of the molecule is COC(=O)NC(=O)[C@H](C)SCc1ccc(Cl)cc1. The van der Waals surface area contributed by atoms with Gasteiger partial charge in [-0.2, -0.15) is 0 Å². The average molecular weight is 288 g/mol. The molecular weight excluding hydrogens is 274 g/mol. The Morgan fingerprint density at radius 3 is 2.56 bits per heavy atom. The second kappa shape index (κ2) is 7.28. The van der Waals surface area contributed by atoms with Gasteiger partial charge in [0, 0.05) is 10.8 Å². The van der Waals surface area contributed by atoms with Crippen molar-refractivity contribution in [2.45, 2.75) is 17.9 Å². The minimum atomic E-state index is -0.737. The smallest absolute Gasteiger partial charge is 0.413 e. The molecular formula is C12H14ClNO3S. The van der Waals surface area contributed by atoms with Crippen LogP contribution in [0.15, 0.2) is 24.3 Å². The number of ether oxygens (including phenoxy) is 1. The minimum absolute atomic E-state index is 0.334. The first kappa shape index (κ1) is 14.9. The first-order valence-corrected chi connectivity index (χ1v) is 6.70. The van der Waals surface area contributed by atoms with Gasteiger partial charge in [0.25, 0.3) is 0 Å². The first-order valence-electron chi connectivity index (χ1n) is 5.27. The number of methoxy groups -OCH3 is 1. The van der Waals surface area contributed by atoms with Crippen LogP contribution in [0.2, 0.25) is 5.02 Å². The summed E-state index contributed by atoms with van der Waals surface area (Å²) in [7, 11) is 1.22. The molecule has 0 spiro atoms. The fourth-order valence-corrected chi connectivity index (χ4v) is 2.10. The Labute approximate surface area is 115 Å². The summed E-state index contributed by atoms with van der Waals surface area (Å²) < 4.78 is 4.35. The molecule has 0 aliphatic heterocycles. The molecule has 18 heavy (non-hydrogen) atoms. The van der Waals surface area contributed by atoms with Crippen molar-refractivity contribution < 1.29 is 14.3 Å². The Hall–Kier alpha value is -1.20. The van der Waals surface area contributed by atoms with Crippen molar-refractivity contribution in [2.75, 3.05) is 7.11 Å². The molecule has 0 saturated carbocycles. The van der Waals surface area contributed by atoms with Gasteiger partial charge in [0.05, 0.1) is 12.4 Å². The predicted molar refractivity (Wildman–Crippen MR) is 72.8 cm³/mol. The predicted octanol–water partition coefficient (Wildman–Crippen LogP) is 2.84. The van der Waals surface area contributed by atoms with Gasteiger partial charge in [-0.1, -0.05) is 23.7 Å². The molecule has 0 saturated heterocycles. The van der Waals surface area contributed by atoms with Crippen LogP contribution in [0.4, 0.5) is 4.79 Å². The number of alkyl carbamates (subject to hydrolysis) is 1. The van der Waals surface area contributed by atoms with Crippen molar-refractivity contribution in [3.63, 3.8) is 0 Å². The molecule has 0 fully saturated rings. The summed E-state index contributed by atoms with van der Waals surface area (Å²) in [6.07, 6.45) is -0.737. The van der Waals surface area contributed by atoms with Crippen LogP contribution < -0.4 is 5.32 Å². The van der Waals surface area contributed by atoms with E-state index in [0.717, 1.165) is 5.56 Å². The van der Waals surface area contributed by atoms with Crippen LogP contribution in [-0.4, -0.2) is 24.4 Å². The number of carbonyl (C=O) groups is 2. The van der Waals surface area contributed by atoms with Crippen LogP contribution in [0.25, 0.3) is 0 Å². The van der Waals surface area contributed by atoms with Gasteiger partial charge >= 0.3 is 6.09 Å². The van der Waals surface area contributed by atoms with E-state index in [-0.39, 0.29) is 11.2 Å². The highest BCUT2D eigenvalue weighted by Gasteiger charge is 2.16. The quantitative estimate of drug-likeness (QED) is 0.925. The molecule has 1 aromatic rings. The summed E-state index contributed by atoms with van der Waals surface area (Å²) in [6, 6.07) is 7.41. The number of hydrogen-bond acceptors (Lipinski definition) is 4. The van der Waals surface area contributed by atoms with Gasteiger partial charge in [0.2, 0.25) is 5.91 Å². The summed E-state index contributed by atoms with van der Waals surface area (Å²) >= 11 is 7.21. The molecule has 0 aliphatic carbocycles. The molecule has 1 rings (SSSR count). The highest BCUT2D eigenvalue weighted by atomic mass is 35.5. The van der Waals surface area contributed by atoms with Gasteiger partial charge in [-0.05, 0) is 24.6 Å². The van der Waals surface area contributed by atoms with Crippen LogP contribution in [0.5, 0.6) is 0 Å². The Balaban J connectivity index is 2.40. The van der Waals surface area contributed by atoms with E-state index in [0.29, 0.717) is 10.8 Å². The number of hydrogen-bond donors (Lipinski definition) is 1. The summed E-state index contributed by atoms with van der Waals surface area (Å²) in [4.78, 5) is 22.4. The largest absolute Gasteiger partial charge is 0.453 e. The number of amides is 2.